The Morgan fingerprint density at radius 3 is 2.38 bits per heavy atom. The van der Waals surface area contributed by atoms with Gasteiger partial charge < -0.3 is 24.5 Å². The van der Waals surface area contributed by atoms with E-state index in [4.69, 9.17) is 13.9 Å². The van der Waals surface area contributed by atoms with E-state index in [1.807, 2.05) is 77.9 Å². The van der Waals surface area contributed by atoms with E-state index in [-0.39, 0.29) is 23.8 Å². The van der Waals surface area contributed by atoms with E-state index in [9.17, 15) is 9.59 Å². The summed E-state index contributed by atoms with van der Waals surface area (Å²) in [6.07, 6.45) is 4.17. The Labute approximate surface area is 236 Å². The smallest absolute Gasteiger partial charge is 0.323 e. The summed E-state index contributed by atoms with van der Waals surface area (Å²) in [6, 6.07) is 15.8. The zero-order valence-electron chi connectivity index (χ0n) is 24.3. The molecular weight excluding hydrogens is 506 g/mol. The molecular formula is C32H41N3O5. The molecule has 1 aliphatic heterocycles. The minimum absolute atomic E-state index is 0.0444. The van der Waals surface area contributed by atoms with Crippen molar-refractivity contribution in [2.24, 2.45) is 11.8 Å². The summed E-state index contributed by atoms with van der Waals surface area (Å²) in [4.78, 5) is 30.0. The number of hydrogen-bond acceptors (Lipinski definition) is 8. The highest BCUT2D eigenvalue weighted by Crippen LogP contribution is 2.30. The van der Waals surface area contributed by atoms with Gasteiger partial charge in [-0.3, -0.25) is 9.59 Å². The van der Waals surface area contributed by atoms with E-state index in [1.165, 1.54) is 6.39 Å². The van der Waals surface area contributed by atoms with Gasteiger partial charge in [0, 0.05) is 17.8 Å². The van der Waals surface area contributed by atoms with Crippen LogP contribution in [0.25, 0.3) is 11.3 Å². The first-order chi connectivity index (χ1) is 18.9. The Morgan fingerprint density at radius 1 is 1.02 bits per heavy atom. The number of hydrogen-bond donors (Lipinski definition) is 2. The monoisotopic (exact) mass is 547 g/mol. The van der Waals surface area contributed by atoms with Gasteiger partial charge >= 0.3 is 11.9 Å². The number of ether oxygens (including phenoxy) is 2. The maximum atomic E-state index is 13.4. The molecule has 8 heteroatoms. The molecule has 1 saturated heterocycles. The number of carbonyl (C=O) groups excluding carboxylic acids is 2. The topological polar surface area (TPSA) is 103 Å². The number of anilines is 1. The van der Waals surface area contributed by atoms with Crippen LogP contribution in [-0.4, -0.2) is 40.7 Å². The first-order valence-corrected chi connectivity index (χ1v) is 13.9. The van der Waals surface area contributed by atoms with Crippen LogP contribution in [0.15, 0.2) is 65.5 Å². The molecule has 0 aliphatic carbocycles. The van der Waals surface area contributed by atoms with Crippen LogP contribution >= 0.6 is 0 Å². The van der Waals surface area contributed by atoms with Crippen LogP contribution in [0.3, 0.4) is 0 Å². The number of aromatic nitrogens is 1. The maximum Gasteiger partial charge on any atom is 0.323 e. The van der Waals surface area contributed by atoms with Gasteiger partial charge in [-0.2, -0.15) is 0 Å². The average Bonchev–Trinajstić information content (AvgIpc) is 3.58. The molecule has 2 N–H and O–H groups in total. The fourth-order valence-electron chi connectivity index (χ4n) is 4.88. The number of nitrogens with one attached hydrogen (secondary N) is 2. The van der Waals surface area contributed by atoms with Crippen molar-refractivity contribution in [3.63, 3.8) is 0 Å². The highest BCUT2D eigenvalue weighted by atomic mass is 16.6. The molecule has 3 atom stereocenters. The van der Waals surface area contributed by atoms with Crippen LogP contribution in [0.1, 0.15) is 59.1 Å². The van der Waals surface area contributed by atoms with Crippen LogP contribution < -0.4 is 10.6 Å². The number of oxazole rings is 1. The molecule has 214 valence electrons. The molecule has 3 aromatic rings. The van der Waals surface area contributed by atoms with Crippen LogP contribution in [0.5, 0.6) is 0 Å². The second-order valence-electron chi connectivity index (χ2n) is 12.5. The zero-order chi connectivity index (χ0) is 28.9. The third-order valence-electron chi connectivity index (χ3n) is 6.68. The van der Waals surface area contributed by atoms with Gasteiger partial charge in [-0.05, 0) is 102 Å². The average molecular weight is 548 g/mol. The van der Waals surface area contributed by atoms with E-state index in [2.05, 4.69) is 27.8 Å². The number of nitrogens with zero attached hydrogens (tertiary/aromatic N) is 1. The van der Waals surface area contributed by atoms with E-state index < -0.39 is 17.2 Å². The lowest BCUT2D eigenvalue weighted by Gasteiger charge is -2.27. The lowest BCUT2D eigenvalue weighted by Crippen LogP contribution is -2.37. The molecule has 2 heterocycles. The third kappa shape index (κ3) is 8.42. The van der Waals surface area contributed by atoms with Gasteiger partial charge in [-0.25, -0.2) is 4.98 Å². The van der Waals surface area contributed by atoms with Crippen molar-refractivity contribution in [3.8, 4) is 11.3 Å². The lowest BCUT2D eigenvalue weighted by atomic mass is 9.84. The van der Waals surface area contributed by atoms with Gasteiger partial charge in [0.2, 0.25) is 0 Å². The van der Waals surface area contributed by atoms with E-state index in [1.54, 1.807) is 6.20 Å². The first kappa shape index (κ1) is 29.3. The van der Waals surface area contributed by atoms with Gasteiger partial charge in [-0.1, -0.05) is 24.3 Å². The Kier molecular flexibility index (Phi) is 8.98. The fraction of sp³-hybridized carbons (Fsp3) is 0.469. The molecule has 2 aromatic carbocycles. The van der Waals surface area contributed by atoms with Crippen LogP contribution in [0.4, 0.5) is 5.69 Å². The normalized spacial score (nSPS) is 18.2. The summed E-state index contributed by atoms with van der Waals surface area (Å²) in [5, 5.41) is 6.73. The molecule has 1 aromatic heterocycles. The van der Waals surface area contributed by atoms with Crippen molar-refractivity contribution < 1.29 is 23.5 Å². The molecule has 0 bridgehead atoms. The Balaban J connectivity index is 1.42. The fourth-order valence-corrected chi connectivity index (χ4v) is 4.88. The van der Waals surface area contributed by atoms with Crippen molar-refractivity contribution >= 4 is 17.6 Å². The SMILES string of the molecule is CC(C)(C)OC(=O)C1C[C@@H]([C@H](Cc2cccc(CNc3ccc(-c4cnco4)cc3)c2)C(=O)OC(C)(C)C)CN1. The van der Waals surface area contributed by atoms with Gasteiger partial charge in [0.1, 0.15) is 17.2 Å². The maximum absolute atomic E-state index is 13.4. The van der Waals surface area contributed by atoms with Crippen molar-refractivity contribution in [1.29, 1.82) is 0 Å². The van der Waals surface area contributed by atoms with E-state index >= 15 is 0 Å². The Hall–Kier alpha value is -3.65. The molecule has 1 fully saturated rings. The summed E-state index contributed by atoms with van der Waals surface area (Å²) in [7, 11) is 0. The van der Waals surface area contributed by atoms with E-state index in [0.717, 1.165) is 28.1 Å². The molecule has 1 unspecified atom stereocenters. The summed E-state index contributed by atoms with van der Waals surface area (Å²) < 4.78 is 16.8. The number of benzene rings is 2. The minimum atomic E-state index is -0.597. The van der Waals surface area contributed by atoms with E-state index in [0.29, 0.717) is 25.9 Å². The molecule has 4 rings (SSSR count). The lowest BCUT2D eigenvalue weighted by molar-refractivity contribution is -0.162. The van der Waals surface area contributed by atoms with Crippen molar-refractivity contribution in [3.05, 3.63) is 72.2 Å². The van der Waals surface area contributed by atoms with Crippen LogP contribution in [-0.2, 0) is 32.0 Å². The minimum Gasteiger partial charge on any atom is -0.460 e. The predicted octanol–water partition coefficient (Wildman–Crippen LogP) is 5.77. The Bertz CT molecular complexity index is 1270. The highest BCUT2D eigenvalue weighted by molar-refractivity contribution is 5.78. The quantitative estimate of drug-likeness (QED) is 0.325. The number of carbonyl (C=O) groups is 2. The van der Waals surface area contributed by atoms with Gasteiger partial charge in [0.25, 0.3) is 0 Å². The summed E-state index contributed by atoms with van der Waals surface area (Å²) in [5.41, 5.74) is 2.96. The molecule has 0 spiro atoms. The largest absolute Gasteiger partial charge is 0.460 e. The molecule has 8 nitrogen and oxygen atoms in total. The summed E-state index contributed by atoms with van der Waals surface area (Å²) in [5.74, 6) is -0.212. The second kappa shape index (κ2) is 12.3. The van der Waals surface area contributed by atoms with Gasteiger partial charge in [0.15, 0.2) is 12.2 Å². The second-order valence-corrected chi connectivity index (χ2v) is 12.5. The van der Waals surface area contributed by atoms with Crippen LogP contribution in [0, 0.1) is 11.8 Å². The highest BCUT2D eigenvalue weighted by Gasteiger charge is 2.40. The summed E-state index contributed by atoms with van der Waals surface area (Å²) >= 11 is 0. The number of rotatable bonds is 9. The molecule has 1 aliphatic rings. The first-order valence-electron chi connectivity index (χ1n) is 13.9. The molecule has 0 radical (unpaired) electrons. The van der Waals surface area contributed by atoms with Crippen molar-refractivity contribution in [2.75, 3.05) is 11.9 Å². The Morgan fingerprint density at radius 2 is 1.73 bits per heavy atom. The number of esters is 2. The zero-order valence-corrected chi connectivity index (χ0v) is 24.3. The standard InChI is InChI=1S/C32H41N3O5/c1-31(2,3)39-29(36)26(24-16-27(35-18-24)30(37)40-32(4,5)6)15-21-8-7-9-22(14-21)17-34-25-12-10-23(11-13-25)28-19-33-20-38-28/h7-14,19-20,24,26-27,34-35H,15-18H2,1-6H3/t24-,26+,27?/m1/s1. The third-order valence-corrected chi connectivity index (χ3v) is 6.68. The van der Waals surface area contributed by atoms with Crippen molar-refractivity contribution in [1.82, 2.24) is 10.3 Å². The molecule has 0 saturated carbocycles. The summed E-state index contributed by atoms with van der Waals surface area (Å²) in [6.45, 7) is 12.4. The molecule has 40 heavy (non-hydrogen) atoms. The van der Waals surface area contributed by atoms with Gasteiger partial charge in [-0.15, -0.1) is 0 Å². The predicted molar refractivity (Wildman–Crippen MR) is 154 cm³/mol. The molecule has 0 amide bonds. The van der Waals surface area contributed by atoms with Crippen LogP contribution in [0.2, 0.25) is 0 Å². The van der Waals surface area contributed by atoms with Gasteiger partial charge in [0.05, 0.1) is 12.1 Å². The van der Waals surface area contributed by atoms with Crippen molar-refractivity contribution in [2.45, 2.75) is 78.2 Å².